The molecule has 5 heteroatoms. The van der Waals surface area contributed by atoms with Gasteiger partial charge in [-0.1, -0.05) is 12.1 Å². The number of hydrogen-bond acceptors (Lipinski definition) is 3. The maximum absolute atomic E-state index is 11.8. The second-order valence-electron chi connectivity index (χ2n) is 3.66. The molecule has 0 aliphatic rings. The van der Waals surface area contributed by atoms with E-state index in [1.807, 2.05) is 0 Å². The van der Waals surface area contributed by atoms with Crippen molar-refractivity contribution >= 4 is 23.2 Å². The van der Waals surface area contributed by atoms with Gasteiger partial charge in [-0.05, 0) is 24.3 Å². The highest BCUT2D eigenvalue weighted by molar-refractivity contribution is 6.05. The zero-order valence-corrected chi connectivity index (χ0v) is 9.77. The monoisotopic (exact) mass is 244 g/mol. The molecule has 0 aliphatic heterocycles. The summed E-state index contributed by atoms with van der Waals surface area (Å²) in [6.07, 6.45) is 1.43. The van der Waals surface area contributed by atoms with Gasteiger partial charge < -0.3 is 15.1 Å². The smallest absolute Gasteiger partial charge is 0.291 e. The van der Waals surface area contributed by atoms with E-state index in [0.717, 1.165) is 0 Å². The van der Waals surface area contributed by atoms with E-state index >= 15 is 0 Å². The van der Waals surface area contributed by atoms with Crippen LogP contribution in [-0.2, 0) is 4.79 Å². The Bertz CT molecular complexity index is 561. The third-order valence-corrected chi connectivity index (χ3v) is 2.23. The fourth-order valence-corrected chi connectivity index (χ4v) is 1.48. The molecule has 2 amide bonds. The Hall–Kier alpha value is -2.56. The molecule has 0 saturated carbocycles. The molecule has 0 saturated heterocycles. The van der Waals surface area contributed by atoms with Crippen LogP contribution in [0.1, 0.15) is 17.5 Å². The zero-order chi connectivity index (χ0) is 13.0. The predicted octanol–water partition coefficient (Wildman–Crippen LogP) is 2.49. The number of carbonyl (C=O) groups excluding carboxylic acids is 2. The van der Waals surface area contributed by atoms with Crippen LogP contribution >= 0.6 is 0 Å². The lowest BCUT2D eigenvalue weighted by atomic mass is 10.2. The fraction of sp³-hybridized carbons (Fsp3) is 0.0769. The molecule has 1 aromatic heterocycles. The number of para-hydroxylation sites is 2. The minimum atomic E-state index is -0.363. The van der Waals surface area contributed by atoms with Gasteiger partial charge in [0.25, 0.3) is 5.91 Å². The average molecular weight is 244 g/mol. The molecule has 1 aromatic carbocycles. The van der Waals surface area contributed by atoms with E-state index in [4.69, 9.17) is 4.42 Å². The number of furan rings is 1. The number of amides is 2. The van der Waals surface area contributed by atoms with Crippen LogP contribution in [0.4, 0.5) is 11.4 Å². The topological polar surface area (TPSA) is 71.3 Å². The number of hydrogen-bond donors (Lipinski definition) is 2. The molecule has 0 radical (unpaired) electrons. The van der Waals surface area contributed by atoms with Crippen LogP contribution in [0.5, 0.6) is 0 Å². The van der Waals surface area contributed by atoms with Crippen molar-refractivity contribution in [3.63, 3.8) is 0 Å². The second kappa shape index (κ2) is 5.18. The summed E-state index contributed by atoms with van der Waals surface area (Å²) in [4.78, 5) is 22.8. The van der Waals surface area contributed by atoms with Crippen LogP contribution < -0.4 is 10.6 Å². The summed E-state index contributed by atoms with van der Waals surface area (Å²) < 4.78 is 4.99. The Labute approximate surface area is 104 Å². The van der Waals surface area contributed by atoms with Crippen molar-refractivity contribution in [3.8, 4) is 0 Å². The van der Waals surface area contributed by atoms with Crippen molar-refractivity contribution in [3.05, 3.63) is 48.4 Å². The van der Waals surface area contributed by atoms with E-state index in [1.54, 1.807) is 36.4 Å². The number of nitrogens with one attached hydrogen (secondary N) is 2. The second-order valence-corrected chi connectivity index (χ2v) is 3.66. The van der Waals surface area contributed by atoms with Gasteiger partial charge in [-0.3, -0.25) is 9.59 Å². The van der Waals surface area contributed by atoms with Crippen molar-refractivity contribution in [2.45, 2.75) is 6.92 Å². The first kappa shape index (κ1) is 11.9. The molecule has 0 unspecified atom stereocenters. The van der Waals surface area contributed by atoms with Gasteiger partial charge in [0.1, 0.15) is 0 Å². The highest BCUT2D eigenvalue weighted by Crippen LogP contribution is 2.21. The van der Waals surface area contributed by atoms with Gasteiger partial charge in [-0.2, -0.15) is 0 Å². The van der Waals surface area contributed by atoms with Crippen molar-refractivity contribution in [2.24, 2.45) is 0 Å². The van der Waals surface area contributed by atoms with Gasteiger partial charge >= 0.3 is 0 Å². The van der Waals surface area contributed by atoms with E-state index in [9.17, 15) is 9.59 Å². The summed E-state index contributed by atoms with van der Waals surface area (Å²) in [7, 11) is 0. The number of rotatable bonds is 3. The molecular formula is C13H12N2O3. The molecular weight excluding hydrogens is 232 g/mol. The van der Waals surface area contributed by atoms with Crippen molar-refractivity contribution in [1.82, 2.24) is 0 Å². The lowest BCUT2D eigenvalue weighted by molar-refractivity contribution is -0.114. The first-order valence-electron chi connectivity index (χ1n) is 5.38. The van der Waals surface area contributed by atoms with Gasteiger partial charge in [0.05, 0.1) is 17.6 Å². The summed E-state index contributed by atoms with van der Waals surface area (Å²) in [6, 6.07) is 10.1. The number of carbonyl (C=O) groups is 2. The minimum Gasteiger partial charge on any atom is -0.459 e. The Balaban J connectivity index is 2.18. The third-order valence-electron chi connectivity index (χ3n) is 2.23. The van der Waals surface area contributed by atoms with E-state index in [2.05, 4.69) is 10.6 Å². The van der Waals surface area contributed by atoms with Crippen molar-refractivity contribution in [2.75, 3.05) is 10.6 Å². The Morgan fingerprint density at radius 1 is 1.00 bits per heavy atom. The lowest BCUT2D eigenvalue weighted by Gasteiger charge is -2.10. The average Bonchev–Trinajstić information content (AvgIpc) is 2.84. The SMILES string of the molecule is CC(=O)Nc1ccccc1NC(=O)c1ccco1. The molecule has 2 rings (SSSR count). The fourth-order valence-electron chi connectivity index (χ4n) is 1.48. The van der Waals surface area contributed by atoms with Crippen LogP contribution in [0.2, 0.25) is 0 Å². The lowest BCUT2D eigenvalue weighted by Crippen LogP contribution is -2.14. The molecule has 0 bridgehead atoms. The van der Waals surface area contributed by atoms with Crippen LogP contribution in [-0.4, -0.2) is 11.8 Å². The van der Waals surface area contributed by atoms with E-state index in [1.165, 1.54) is 13.2 Å². The van der Waals surface area contributed by atoms with E-state index in [0.29, 0.717) is 11.4 Å². The van der Waals surface area contributed by atoms with Gasteiger partial charge in [-0.15, -0.1) is 0 Å². The Morgan fingerprint density at radius 2 is 1.67 bits per heavy atom. The Kier molecular flexibility index (Phi) is 3.43. The molecule has 1 heterocycles. The summed E-state index contributed by atoms with van der Waals surface area (Å²) in [6.45, 7) is 1.41. The van der Waals surface area contributed by atoms with Crippen LogP contribution in [0.25, 0.3) is 0 Å². The molecule has 0 aliphatic carbocycles. The highest BCUT2D eigenvalue weighted by Gasteiger charge is 2.11. The summed E-state index contributed by atoms with van der Waals surface area (Å²) in [5, 5.41) is 5.31. The molecule has 18 heavy (non-hydrogen) atoms. The highest BCUT2D eigenvalue weighted by atomic mass is 16.3. The van der Waals surface area contributed by atoms with Crippen molar-refractivity contribution < 1.29 is 14.0 Å². The third kappa shape index (κ3) is 2.76. The standard InChI is InChI=1S/C13H12N2O3/c1-9(16)14-10-5-2-3-6-11(10)15-13(17)12-7-4-8-18-12/h2-8H,1H3,(H,14,16)(H,15,17). The minimum absolute atomic E-state index is 0.199. The van der Waals surface area contributed by atoms with Crippen LogP contribution in [0, 0.1) is 0 Å². The Morgan fingerprint density at radius 3 is 2.22 bits per heavy atom. The molecule has 0 fully saturated rings. The summed E-state index contributed by atoms with van der Waals surface area (Å²) in [5.41, 5.74) is 1.07. The molecule has 2 aromatic rings. The van der Waals surface area contributed by atoms with Crippen LogP contribution in [0.3, 0.4) is 0 Å². The van der Waals surface area contributed by atoms with Gasteiger partial charge in [-0.25, -0.2) is 0 Å². The number of benzene rings is 1. The molecule has 0 spiro atoms. The normalized spacial score (nSPS) is 9.83. The zero-order valence-electron chi connectivity index (χ0n) is 9.77. The van der Waals surface area contributed by atoms with Crippen LogP contribution in [0.15, 0.2) is 47.1 Å². The first-order valence-corrected chi connectivity index (χ1v) is 5.38. The molecule has 0 atom stereocenters. The summed E-state index contributed by atoms with van der Waals surface area (Å²) >= 11 is 0. The van der Waals surface area contributed by atoms with Gasteiger partial charge in [0.15, 0.2) is 5.76 Å². The van der Waals surface area contributed by atoms with Gasteiger partial charge in [0, 0.05) is 6.92 Å². The van der Waals surface area contributed by atoms with E-state index < -0.39 is 0 Å². The molecule has 92 valence electrons. The molecule has 5 nitrogen and oxygen atoms in total. The molecule has 2 N–H and O–H groups in total. The predicted molar refractivity (Wildman–Crippen MR) is 67.4 cm³/mol. The van der Waals surface area contributed by atoms with Crippen molar-refractivity contribution in [1.29, 1.82) is 0 Å². The first-order chi connectivity index (χ1) is 8.66. The maximum atomic E-state index is 11.8. The summed E-state index contributed by atoms with van der Waals surface area (Å²) in [5.74, 6) is -0.347. The van der Waals surface area contributed by atoms with E-state index in [-0.39, 0.29) is 17.6 Å². The quantitative estimate of drug-likeness (QED) is 0.871. The number of anilines is 2. The largest absolute Gasteiger partial charge is 0.459 e. The van der Waals surface area contributed by atoms with Gasteiger partial charge in [0.2, 0.25) is 5.91 Å². The maximum Gasteiger partial charge on any atom is 0.291 e.